The van der Waals surface area contributed by atoms with Crippen LogP contribution >= 0.6 is 11.6 Å². The number of hydrogen-bond acceptors (Lipinski definition) is 2. The first-order valence-corrected chi connectivity index (χ1v) is 6.43. The zero-order valence-electron chi connectivity index (χ0n) is 10.4. The molecule has 18 heavy (non-hydrogen) atoms. The van der Waals surface area contributed by atoms with Crippen LogP contribution < -0.4 is 11.1 Å². The zero-order valence-corrected chi connectivity index (χ0v) is 11.2. The lowest BCUT2D eigenvalue weighted by molar-refractivity contribution is 1.11. The fourth-order valence-electron chi connectivity index (χ4n) is 1.77. The maximum atomic E-state index is 5.94. The monoisotopic (exact) mass is 260 g/mol. The van der Waals surface area contributed by atoms with Gasteiger partial charge in [-0.1, -0.05) is 42.8 Å². The predicted molar refractivity (Wildman–Crippen MR) is 79.0 cm³/mol. The molecule has 0 aromatic heterocycles. The molecule has 0 saturated carbocycles. The Morgan fingerprint density at radius 2 is 1.72 bits per heavy atom. The van der Waals surface area contributed by atoms with Crippen LogP contribution in [-0.2, 0) is 13.0 Å². The second kappa shape index (κ2) is 5.78. The molecule has 0 radical (unpaired) electrons. The summed E-state index contributed by atoms with van der Waals surface area (Å²) in [6.45, 7) is 2.90. The standard InChI is InChI=1S/C15H17ClN2/c1-2-11-3-5-12(6-4-11)10-18-15-9-13(16)7-8-14(15)17/h3-9,18H,2,10,17H2,1H3. The number of aryl methyl sites for hydroxylation is 1. The molecule has 0 saturated heterocycles. The lowest BCUT2D eigenvalue weighted by atomic mass is 10.1. The van der Waals surface area contributed by atoms with Crippen LogP contribution in [0.5, 0.6) is 0 Å². The van der Waals surface area contributed by atoms with Gasteiger partial charge in [-0.2, -0.15) is 0 Å². The maximum Gasteiger partial charge on any atom is 0.0591 e. The first-order chi connectivity index (χ1) is 8.69. The largest absolute Gasteiger partial charge is 0.397 e. The minimum absolute atomic E-state index is 0.688. The van der Waals surface area contributed by atoms with Crippen molar-refractivity contribution >= 4 is 23.0 Å². The van der Waals surface area contributed by atoms with Gasteiger partial charge in [0, 0.05) is 11.6 Å². The van der Waals surface area contributed by atoms with Crippen LogP contribution in [-0.4, -0.2) is 0 Å². The molecule has 94 valence electrons. The lowest BCUT2D eigenvalue weighted by Crippen LogP contribution is -2.02. The summed E-state index contributed by atoms with van der Waals surface area (Å²) in [5.74, 6) is 0. The fraction of sp³-hybridized carbons (Fsp3) is 0.200. The third-order valence-corrected chi connectivity index (χ3v) is 3.16. The number of hydrogen-bond donors (Lipinski definition) is 2. The van der Waals surface area contributed by atoms with E-state index in [-0.39, 0.29) is 0 Å². The lowest BCUT2D eigenvalue weighted by Gasteiger charge is -2.10. The Hall–Kier alpha value is -1.67. The summed E-state index contributed by atoms with van der Waals surface area (Å²) in [5, 5.41) is 3.99. The van der Waals surface area contributed by atoms with Gasteiger partial charge in [-0.15, -0.1) is 0 Å². The van der Waals surface area contributed by atoms with Gasteiger partial charge in [-0.25, -0.2) is 0 Å². The Labute approximate surface area is 113 Å². The number of benzene rings is 2. The molecule has 0 spiro atoms. The van der Waals surface area contributed by atoms with Crippen molar-refractivity contribution in [3.8, 4) is 0 Å². The Morgan fingerprint density at radius 1 is 1.06 bits per heavy atom. The van der Waals surface area contributed by atoms with Gasteiger partial charge in [0.05, 0.1) is 11.4 Å². The topological polar surface area (TPSA) is 38.0 Å². The van der Waals surface area contributed by atoms with Crippen molar-refractivity contribution in [3.05, 3.63) is 58.6 Å². The molecule has 2 rings (SSSR count). The van der Waals surface area contributed by atoms with Crippen molar-refractivity contribution < 1.29 is 0 Å². The summed E-state index contributed by atoms with van der Waals surface area (Å²) in [5.41, 5.74) is 10.0. The van der Waals surface area contributed by atoms with E-state index in [1.54, 1.807) is 6.07 Å². The first-order valence-electron chi connectivity index (χ1n) is 6.05. The summed E-state index contributed by atoms with van der Waals surface area (Å²) in [6.07, 6.45) is 1.06. The van der Waals surface area contributed by atoms with E-state index < -0.39 is 0 Å². The average molecular weight is 261 g/mol. The van der Waals surface area contributed by atoms with E-state index in [0.717, 1.165) is 18.7 Å². The van der Waals surface area contributed by atoms with Crippen molar-refractivity contribution in [2.24, 2.45) is 0 Å². The Morgan fingerprint density at radius 3 is 2.39 bits per heavy atom. The van der Waals surface area contributed by atoms with E-state index >= 15 is 0 Å². The molecule has 2 aromatic carbocycles. The number of halogens is 1. The first kappa shape index (κ1) is 12.8. The molecule has 0 bridgehead atoms. The fourth-order valence-corrected chi connectivity index (χ4v) is 1.94. The van der Waals surface area contributed by atoms with Gasteiger partial charge in [0.25, 0.3) is 0 Å². The van der Waals surface area contributed by atoms with Crippen molar-refractivity contribution in [3.63, 3.8) is 0 Å². The number of nitrogens with one attached hydrogen (secondary N) is 1. The normalized spacial score (nSPS) is 10.3. The highest BCUT2D eigenvalue weighted by atomic mass is 35.5. The Balaban J connectivity index is 2.04. The molecule has 0 aliphatic rings. The molecular weight excluding hydrogens is 244 g/mol. The van der Waals surface area contributed by atoms with Crippen molar-refractivity contribution in [1.29, 1.82) is 0 Å². The van der Waals surface area contributed by atoms with Crippen LogP contribution in [0.2, 0.25) is 5.02 Å². The van der Waals surface area contributed by atoms with E-state index in [1.807, 2.05) is 12.1 Å². The van der Waals surface area contributed by atoms with Crippen LogP contribution in [0.15, 0.2) is 42.5 Å². The summed E-state index contributed by atoms with van der Waals surface area (Å²) >= 11 is 5.94. The summed E-state index contributed by atoms with van der Waals surface area (Å²) in [6, 6.07) is 14.0. The second-order valence-electron chi connectivity index (χ2n) is 4.26. The van der Waals surface area contributed by atoms with Gasteiger partial charge < -0.3 is 11.1 Å². The molecule has 0 heterocycles. The zero-order chi connectivity index (χ0) is 13.0. The molecule has 3 N–H and O–H groups in total. The van der Waals surface area contributed by atoms with Crippen LogP contribution in [0.25, 0.3) is 0 Å². The van der Waals surface area contributed by atoms with E-state index in [4.69, 9.17) is 17.3 Å². The highest BCUT2D eigenvalue weighted by molar-refractivity contribution is 6.31. The van der Waals surface area contributed by atoms with Crippen LogP contribution in [0.4, 0.5) is 11.4 Å². The molecule has 0 aliphatic carbocycles. The third kappa shape index (κ3) is 3.17. The highest BCUT2D eigenvalue weighted by Gasteiger charge is 2.00. The van der Waals surface area contributed by atoms with Gasteiger partial charge in [0.15, 0.2) is 0 Å². The van der Waals surface area contributed by atoms with Crippen LogP contribution in [0.1, 0.15) is 18.1 Å². The summed E-state index contributed by atoms with van der Waals surface area (Å²) in [4.78, 5) is 0. The smallest absolute Gasteiger partial charge is 0.0591 e. The van der Waals surface area contributed by atoms with E-state index in [0.29, 0.717) is 10.7 Å². The minimum atomic E-state index is 0.688. The summed E-state index contributed by atoms with van der Waals surface area (Å²) in [7, 11) is 0. The van der Waals surface area contributed by atoms with Crippen molar-refractivity contribution in [2.45, 2.75) is 19.9 Å². The van der Waals surface area contributed by atoms with Gasteiger partial charge in [0.2, 0.25) is 0 Å². The Bertz CT molecular complexity index is 521. The molecule has 2 nitrogen and oxygen atoms in total. The molecule has 0 amide bonds. The van der Waals surface area contributed by atoms with Gasteiger partial charge >= 0.3 is 0 Å². The molecule has 0 fully saturated rings. The molecule has 2 aromatic rings. The predicted octanol–water partition coefficient (Wildman–Crippen LogP) is 4.10. The SMILES string of the molecule is CCc1ccc(CNc2cc(Cl)ccc2N)cc1. The molecule has 0 aliphatic heterocycles. The third-order valence-electron chi connectivity index (χ3n) is 2.93. The van der Waals surface area contributed by atoms with Crippen molar-refractivity contribution in [1.82, 2.24) is 0 Å². The molecule has 0 atom stereocenters. The molecular formula is C15H17ClN2. The number of nitrogens with two attached hydrogens (primary N) is 1. The van der Waals surface area contributed by atoms with Gasteiger partial charge in [-0.05, 0) is 35.7 Å². The summed E-state index contributed by atoms with van der Waals surface area (Å²) < 4.78 is 0. The van der Waals surface area contributed by atoms with Crippen LogP contribution in [0, 0.1) is 0 Å². The van der Waals surface area contributed by atoms with E-state index in [1.165, 1.54) is 11.1 Å². The maximum absolute atomic E-state index is 5.94. The highest BCUT2D eigenvalue weighted by Crippen LogP contribution is 2.23. The molecule has 3 heteroatoms. The van der Waals surface area contributed by atoms with E-state index in [2.05, 4.69) is 36.5 Å². The van der Waals surface area contributed by atoms with E-state index in [9.17, 15) is 0 Å². The van der Waals surface area contributed by atoms with Gasteiger partial charge in [-0.3, -0.25) is 0 Å². The van der Waals surface area contributed by atoms with Gasteiger partial charge in [0.1, 0.15) is 0 Å². The minimum Gasteiger partial charge on any atom is -0.397 e. The Kier molecular flexibility index (Phi) is 4.11. The molecule has 0 unspecified atom stereocenters. The quantitative estimate of drug-likeness (QED) is 0.813. The van der Waals surface area contributed by atoms with Crippen LogP contribution in [0.3, 0.4) is 0 Å². The van der Waals surface area contributed by atoms with Crippen molar-refractivity contribution in [2.75, 3.05) is 11.1 Å². The number of anilines is 2. The average Bonchev–Trinajstić information content (AvgIpc) is 2.40. The number of rotatable bonds is 4. The second-order valence-corrected chi connectivity index (χ2v) is 4.69. The number of nitrogen functional groups attached to an aromatic ring is 1.